The SMILES string of the molecule is O=C(NCC(NS(=O)(=O)c1ccccc1)C(=O)OCCCNc1nc2ccccc2[nH]1)c1ccno1. The van der Waals surface area contributed by atoms with Gasteiger partial charge >= 0.3 is 5.97 Å². The van der Waals surface area contributed by atoms with Gasteiger partial charge in [-0.1, -0.05) is 35.5 Å². The van der Waals surface area contributed by atoms with Crippen LogP contribution in [0, 0.1) is 0 Å². The van der Waals surface area contributed by atoms with Crippen LogP contribution in [0.25, 0.3) is 11.0 Å². The molecule has 2 aromatic carbocycles. The normalized spacial score (nSPS) is 12.2. The van der Waals surface area contributed by atoms with E-state index in [-0.39, 0.29) is 23.8 Å². The highest BCUT2D eigenvalue weighted by molar-refractivity contribution is 7.89. The molecule has 2 heterocycles. The number of nitrogens with one attached hydrogen (secondary N) is 4. The number of sulfonamides is 1. The molecule has 4 rings (SSSR count). The van der Waals surface area contributed by atoms with Crippen molar-refractivity contribution in [1.29, 1.82) is 0 Å². The molecule has 0 aliphatic heterocycles. The molecular formula is C23H24N6O6S. The maximum Gasteiger partial charge on any atom is 0.326 e. The van der Waals surface area contributed by atoms with Gasteiger partial charge in [0.05, 0.1) is 28.7 Å². The zero-order valence-electron chi connectivity index (χ0n) is 19.0. The van der Waals surface area contributed by atoms with Crippen LogP contribution in [0.2, 0.25) is 0 Å². The molecule has 4 aromatic rings. The van der Waals surface area contributed by atoms with Crippen molar-refractivity contribution in [2.45, 2.75) is 17.4 Å². The lowest BCUT2D eigenvalue weighted by atomic mass is 10.3. The largest absolute Gasteiger partial charge is 0.464 e. The fourth-order valence-electron chi connectivity index (χ4n) is 3.23. The molecule has 2 aromatic heterocycles. The molecule has 0 saturated heterocycles. The highest BCUT2D eigenvalue weighted by Gasteiger charge is 2.28. The second kappa shape index (κ2) is 11.5. The van der Waals surface area contributed by atoms with Crippen LogP contribution in [-0.4, -0.2) is 61.2 Å². The zero-order chi connectivity index (χ0) is 25.4. The number of H-pyrrole nitrogens is 1. The molecule has 0 radical (unpaired) electrons. The standard InChI is InChI=1S/C23H24N6O6S/c30-21(20-11-13-26-35-20)25-15-19(29-36(32,33)16-7-2-1-3-8-16)22(31)34-14-6-12-24-23-27-17-9-4-5-10-18(17)28-23/h1-5,7-11,13,19,29H,6,12,14-15H2,(H,25,30)(H2,24,27,28). The summed E-state index contributed by atoms with van der Waals surface area (Å²) in [5.41, 5.74) is 1.72. The number of aromatic amines is 1. The fourth-order valence-corrected chi connectivity index (χ4v) is 4.44. The topological polar surface area (TPSA) is 168 Å². The lowest BCUT2D eigenvalue weighted by Crippen LogP contribution is -2.49. The Hall–Kier alpha value is -4.23. The number of para-hydroxylation sites is 2. The number of carbonyl (C=O) groups excluding carboxylic acids is 2. The van der Waals surface area contributed by atoms with Crippen molar-refractivity contribution in [3.8, 4) is 0 Å². The van der Waals surface area contributed by atoms with Gasteiger partial charge in [-0.05, 0) is 30.7 Å². The molecule has 0 bridgehead atoms. The van der Waals surface area contributed by atoms with E-state index in [1.165, 1.54) is 24.4 Å². The van der Waals surface area contributed by atoms with E-state index in [0.717, 1.165) is 11.0 Å². The van der Waals surface area contributed by atoms with Gasteiger partial charge < -0.3 is 24.9 Å². The van der Waals surface area contributed by atoms with E-state index in [9.17, 15) is 18.0 Å². The van der Waals surface area contributed by atoms with Gasteiger partial charge in [-0.25, -0.2) is 13.4 Å². The van der Waals surface area contributed by atoms with Crippen LogP contribution < -0.4 is 15.4 Å². The van der Waals surface area contributed by atoms with E-state index in [1.54, 1.807) is 18.2 Å². The Morgan fingerprint density at radius 3 is 2.58 bits per heavy atom. The van der Waals surface area contributed by atoms with Crippen LogP contribution in [-0.2, 0) is 19.6 Å². The lowest BCUT2D eigenvalue weighted by molar-refractivity contribution is -0.145. The molecule has 1 amide bonds. The van der Waals surface area contributed by atoms with Crippen molar-refractivity contribution in [1.82, 2.24) is 25.2 Å². The summed E-state index contributed by atoms with van der Waals surface area (Å²) in [4.78, 5) is 32.4. The van der Waals surface area contributed by atoms with Gasteiger partial charge in [-0.3, -0.25) is 9.59 Å². The minimum absolute atomic E-state index is 0.0195. The summed E-state index contributed by atoms with van der Waals surface area (Å²) >= 11 is 0. The number of imidazole rings is 1. The molecule has 1 atom stereocenters. The number of ether oxygens (including phenoxy) is 1. The zero-order valence-corrected chi connectivity index (χ0v) is 19.8. The summed E-state index contributed by atoms with van der Waals surface area (Å²) in [5.74, 6) is -0.980. The van der Waals surface area contributed by atoms with Crippen molar-refractivity contribution in [3.05, 3.63) is 72.6 Å². The monoisotopic (exact) mass is 512 g/mol. The van der Waals surface area contributed by atoms with E-state index in [0.29, 0.717) is 18.9 Å². The van der Waals surface area contributed by atoms with Crippen LogP contribution in [0.5, 0.6) is 0 Å². The molecule has 0 aliphatic carbocycles. The first kappa shape index (κ1) is 24.9. The molecule has 188 valence electrons. The minimum Gasteiger partial charge on any atom is -0.464 e. The number of rotatable bonds is 12. The Bertz CT molecular complexity index is 1370. The van der Waals surface area contributed by atoms with Gasteiger partial charge in [-0.15, -0.1) is 0 Å². The molecule has 4 N–H and O–H groups in total. The number of esters is 1. The van der Waals surface area contributed by atoms with E-state index in [2.05, 4.69) is 30.5 Å². The molecule has 0 spiro atoms. The lowest BCUT2D eigenvalue weighted by Gasteiger charge is -2.18. The van der Waals surface area contributed by atoms with Crippen molar-refractivity contribution >= 4 is 38.9 Å². The Kier molecular flexibility index (Phi) is 7.92. The third-order valence-corrected chi connectivity index (χ3v) is 6.50. The first-order valence-corrected chi connectivity index (χ1v) is 12.5. The summed E-state index contributed by atoms with van der Waals surface area (Å²) in [5, 5.41) is 9.01. The summed E-state index contributed by atoms with van der Waals surface area (Å²) < 4.78 is 37.8. The van der Waals surface area contributed by atoms with E-state index in [1.807, 2.05) is 24.3 Å². The summed E-state index contributed by atoms with van der Waals surface area (Å²) in [6.07, 6.45) is 1.73. The van der Waals surface area contributed by atoms with Gasteiger partial charge in [0.15, 0.2) is 0 Å². The van der Waals surface area contributed by atoms with Crippen molar-refractivity contribution in [2.75, 3.05) is 25.0 Å². The van der Waals surface area contributed by atoms with Crippen LogP contribution >= 0.6 is 0 Å². The number of fused-ring (bicyclic) bond motifs is 1. The first-order valence-electron chi connectivity index (χ1n) is 11.0. The number of carbonyl (C=O) groups is 2. The highest BCUT2D eigenvalue weighted by Crippen LogP contribution is 2.13. The highest BCUT2D eigenvalue weighted by atomic mass is 32.2. The number of hydrogen-bond donors (Lipinski definition) is 4. The number of amides is 1. The number of hydrogen-bond acceptors (Lipinski definition) is 9. The smallest absolute Gasteiger partial charge is 0.326 e. The number of anilines is 1. The number of benzene rings is 2. The first-order chi connectivity index (χ1) is 17.4. The molecule has 36 heavy (non-hydrogen) atoms. The maximum atomic E-state index is 12.7. The molecule has 0 aliphatic rings. The van der Waals surface area contributed by atoms with E-state index < -0.39 is 27.9 Å². The summed E-state index contributed by atoms with van der Waals surface area (Å²) in [7, 11) is -4.05. The Balaban J connectivity index is 1.32. The third kappa shape index (κ3) is 6.46. The van der Waals surface area contributed by atoms with Crippen molar-refractivity contribution in [3.63, 3.8) is 0 Å². The van der Waals surface area contributed by atoms with Crippen molar-refractivity contribution in [2.24, 2.45) is 0 Å². The van der Waals surface area contributed by atoms with E-state index in [4.69, 9.17) is 9.26 Å². The van der Waals surface area contributed by atoms with Crippen LogP contribution in [0.1, 0.15) is 17.0 Å². The van der Waals surface area contributed by atoms with Crippen LogP contribution in [0.15, 0.2) is 76.3 Å². The average molecular weight is 513 g/mol. The minimum atomic E-state index is -4.05. The fraction of sp³-hybridized carbons (Fsp3) is 0.217. The predicted octanol–water partition coefficient (Wildman–Crippen LogP) is 1.67. The second-order valence-corrected chi connectivity index (χ2v) is 9.34. The molecular weight excluding hydrogens is 488 g/mol. The van der Waals surface area contributed by atoms with Gasteiger partial charge in [0, 0.05) is 19.2 Å². The summed E-state index contributed by atoms with van der Waals surface area (Å²) in [6, 6.07) is 15.1. The molecule has 0 fully saturated rings. The van der Waals surface area contributed by atoms with Gasteiger partial charge in [0.2, 0.25) is 21.7 Å². The van der Waals surface area contributed by atoms with Gasteiger partial charge in [0.25, 0.3) is 5.91 Å². The molecule has 13 heteroatoms. The van der Waals surface area contributed by atoms with Crippen molar-refractivity contribution < 1.29 is 27.3 Å². The predicted molar refractivity (Wildman–Crippen MR) is 130 cm³/mol. The van der Waals surface area contributed by atoms with E-state index >= 15 is 0 Å². The number of nitrogens with zero attached hydrogens (tertiary/aromatic N) is 2. The third-order valence-electron chi connectivity index (χ3n) is 5.01. The molecule has 1 unspecified atom stereocenters. The molecule has 0 saturated carbocycles. The quantitative estimate of drug-likeness (QED) is 0.163. The molecule has 12 nitrogen and oxygen atoms in total. The number of aromatic nitrogens is 3. The summed E-state index contributed by atoms with van der Waals surface area (Å²) in [6.45, 7) is 0.114. The second-order valence-electron chi connectivity index (χ2n) is 7.62. The van der Waals surface area contributed by atoms with Crippen LogP contribution in [0.3, 0.4) is 0 Å². The average Bonchev–Trinajstić information content (AvgIpc) is 3.56. The Morgan fingerprint density at radius 1 is 1.06 bits per heavy atom. The van der Waals surface area contributed by atoms with Gasteiger partial charge in [0.1, 0.15) is 6.04 Å². The van der Waals surface area contributed by atoms with Gasteiger partial charge in [-0.2, -0.15) is 4.72 Å². The Labute approximate surface area is 206 Å². The van der Waals surface area contributed by atoms with Crippen LogP contribution in [0.4, 0.5) is 5.95 Å². The maximum absolute atomic E-state index is 12.7. The Morgan fingerprint density at radius 2 is 1.83 bits per heavy atom.